The second-order valence-corrected chi connectivity index (χ2v) is 14.1. The second kappa shape index (κ2) is 11.1. The van der Waals surface area contributed by atoms with Gasteiger partial charge in [-0.2, -0.15) is 0 Å². The molecule has 1 aliphatic carbocycles. The molecule has 6 heteroatoms. The fourth-order valence-corrected chi connectivity index (χ4v) is 8.72. The van der Waals surface area contributed by atoms with E-state index in [1.54, 1.807) is 0 Å². The number of benzene rings is 3. The van der Waals surface area contributed by atoms with Gasteiger partial charge in [-0.15, -0.1) is 0 Å². The van der Waals surface area contributed by atoms with Crippen molar-refractivity contribution in [2.24, 2.45) is 11.8 Å². The van der Waals surface area contributed by atoms with Crippen LogP contribution in [0.5, 0.6) is 17.2 Å². The van der Waals surface area contributed by atoms with Crippen LogP contribution in [0.4, 0.5) is 11.4 Å². The van der Waals surface area contributed by atoms with Gasteiger partial charge in [0, 0.05) is 6.54 Å². The van der Waals surface area contributed by atoms with Crippen molar-refractivity contribution in [2.45, 2.75) is 103 Å². The molecular formula is C37H47ClN2O3. The lowest BCUT2D eigenvalue weighted by Gasteiger charge is -2.60. The molecule has 5 nitrogen and oxygen atoms in total. The van der Waals surface area contributed by atoms with Gasteiger partial charge in [0.1, 0.15) is 10.7 Å². The quantitative estimate of drug-likeness (QED) is 0.153. The van der Waals surface area contributed by atoms with E-state index < -0.39 is 11.5 Å². The standard InChI is InChI=1S/C37H47ClN2O3/c1-6-25-11-13-26(14-12-25)10-8-9-22(3)17-28-20-27-18-23(4)24(5)19-29(27)37(28)16-15-36(7-2)21-40(37)32-30(38)33(41)35(43)34(42)31(32)39-36/h11-14,18-19,22,28,39,41-43H,6-10,15-17,20-21H2,1-5H3. The lowest BCUT2D eigenvalue weighted by Crippen LogP contribution is -2.65. The molecule has 4 unspecified atom stereocenters. The minimum atomic E-state index is -0.564. The molecule has 230 valence electrons. The molecule has 1 fully saturated rings. The Morgan fingerprint density at radius 2 is 1.67 bits per heavy atom. The third-order valence-corrected chi connectivity index (χ3v) is 11.6. The van der Waals surface area contributed by atoms with Gasteiger partial charge in [-0.25, -0.2) is 0 Å². The highest BCUT2D eigenvalue weighted by Crippen LogP contribution is 2.64. The van der Waals surface area contributed by atoms with Crippen LogP contribution in [-0.4, -0.2) is 27.4 Å². The van der Waals surface area contributed by atoms with Crippen molar-refractivity contribution in [1.29, 1.82) is 0 Å². The van der Waals surface area contributed by atoms with Crippen LogP contribution >= 0.6 is 11.6 Å². The Morgan fingerprint density at radius 3 is 2.37 bits per heavy atom. The number of nitrogens with zero attached hydrogens (tertiary/aromatic N) is 1. The van der Waals surface area contributed by atoms with E-state index >= 15 is 0 Å². The Morgan fingerprint density at radius 1 is 0.977 bits per heavy atom. The largest absolute Gasteiger partial charge is 0.503 e. The van der Waals surface area contributed by atoms with Gasteiger partial charge in [-0.1, -0.05) is 75.2 Å². The molecule has 3 aromatic carbocycles. The van der Waals surface area contributed by atoms with E-state index in [9.17, 15) is 15.3 Å². The summed E-state index contributed by atoms with van der Waals surface area (Å²) in [4.78, 5) is 2.42. The first-order valence-electron chi connectivity index (χ1n) is 16.2. The van der Waals surface area contributed by atoms with Crippen LogP contribution in [0.1, 0.15) is 92.7 Å². The topological polar surface area (TPSA) is 76.0 Å². The smallest absolute Gasteiger partial charge is 0.204 e. The summed E-state index contributed by atoms with van der Waals surface area (Å²) in [6.45, 7) is 11.9. The summed E-state index contributed by atoms with van der Waals surface area (Å²) in [5, 5.41) is 36.1. The number of phenols is 3. The third kappa shape index (κ3) is 4.83. The van der Waals surface area contributed by atoms with Crippen LogP contribution in [-0.2, 0) is 24.8 Å². The van der Waals surface area contributed by atoms with E-state index in [1.807, 2.05) is 0 Å². The fraction of sp³-hybridized carbons (Fsp3) is 0.514. The lowest BCUT2D eigenvalue weighted by molar-refractivity contribution is 0.152. The molecular weight excluding hydrogens is 556 g/mol. The van der Waals surface area contributed by atoms with Crippen LogP contribution < -0.4 is 10.2 Å². The summed E-state index contributed by atoms with van der Waals surface area (Å²) in [5.41, 5.74) is 8.65. The first-order chi connectivity index (χ1) is 20.5. The van der Waals surface area contributed by atoms with Gasteiger partial charge in [-0.3, -0.25) is 0 Å². The fourth-order valence-electron chi connectivity index (χ4n) is 8.44. The van der Waals surface area contributed by atoms with Gasteiger partial charge < -0.3 is 25.5 Å². The Labute approximate surface area is 261 Å². The summed E-state index contributed by atoms with van der Waals surface area (Å²) in [5.74, 6) is -0.444. The number of aromatic hydroxyl groups is 3. The van der Waals surface area contributed by atoms with Gasteiger partial charge in [0.05, 0.1) is 16.8 Å². The highest BCUT2D eigenvalue weighted by atomic mass is 35.5. The maximum absolute atomic E-state index is 11.1. The third-order valence-electron chi connectivity index (χ3n) is 11.2. The molecule has 0 radical (unpaired) electrons. The number of halogens is 1. The molecule has 43 heavy (non-hydrogen) atoms. The van der Waals surface area contributed by atoms with Crippen molar-refractivity contribution in [1.82, 2.24) is 0 Å². The van der Waals surface area contributed by atoms with Crippen molar-refractivity contribution in [3.8, 4) is 17.2 Å². The number of fused-ring (bicyclic) bond motifs is 7. The first-order valence-corrected chi connectivity index (χ1v) is 16.6. The Kier molecular flexibility index (Phi) is 7.77. The number of piperidine rings is 1. The molecule has 3 aliphatic rings. The first kappa shape index (κ1) is 30.0. The monoisotopic (exact) mass is 602 g/mol. The molecule has 1 saturated heterocycles. The number of aryl methyl sites for hydroxylation is 4. The Bertz CT molecular complexity index is 1540. The molecule has 2 aliphatic heterocycles. The van der Waals surface area contributed by atoms with E-state index in [-0.39, 0.29) is 21.8 Å². The number of phenolic OH excluding ortho intramolecular Hbond substituents is 3. The highest BCUT2D eigenvalue weighted by molar-refractivity contribution is 6.36. The van der Waals surface area contributed by atoms with Gasteiger partial charge in [0.25, 0.3) is 0 Å². The van der Waals surface area contributed by atoms with Crippen molar-refractivity contribution < 1.29 is 15.3 Å². The number of hydrogen-bond acceptors (Lipinski definition) is 5. The number of hydrogen-bond donors (Lipinski definition) is 4. The predicted octanol–water partition coefficient (Wildman–Crippen LogP) is 8.93. The molecule has 2 heterocycles. The van der Waals surface area contributed by atoms with Gasteiger partial charge in [0.2, 0.25) is 5.75 Å². The zero-order valence-corrected chi connectivity index (χ0v) is 27.1. The molecule has 0 amide bonds. The number of anilines is 2. The minimum Gasteiger partial charge on any atom is -0.503 e. The van der Waals surface area contributed by atoms with E-state index in [0.29, 0.717) is 23.2 Å². The average molecular weight is 603 g/mol. The molecule has 6 rings (SSSR count). The van der Waals surface area contributed by atoms with Gasteiger partial charge in [-0.05, 0) is 110 Å². The molecule has 4 N–H and O–H groups in total. The number of rotatable bonds is 8. The summed E-state index contributed by atoms with van der Waals surface area (Å²) < 4.78 is 0. The minimum absolute atomic E-state index is 0.0990. The number of nitrogens with one attached hydrogen (secondary N) is 1. The highest BCUT2D eigenvalue weighted by Gasteiger charge is 2.59. The van der Waals surface area contributed by atoms with E-state index in [4.69, 9.17) is 11.6 Å². The van der Waals surface area contributed by atoms with Gasteiger partial charge in [0.15, 0.2) is 11.5 Å². The molecule has 3 aromatic rings. The van der Waals surface area contributed by atoms with Crippen LogP contribution in [0.25, 0.3) is 0 Å². The van der Waals surface area contributed by atoms with Crippen LogP contribution in [0, 0.1) is 25.7 Å². The summed E-state index contributed by atoms with van der Waals surface area (Å²) in [6.07, 6.45) is 9.39. The normalized spacial score (nSPS) is 24.5. The summed E-state index contributed by atoms with van der Waals surface area (Å²) in [6, 6.07) is 13.9. The maximum atomic E-state index is 11.1. The zero-order valence-electron chi connectivity index (χ0n) is 26.4. The second-order valence-electron chi connectivity index (χ2n) is 13.8. The predicted molar refractivity (Wildman–Crippen MR) is 177 cm³/mol. The average Bonchev–Trinajstić information content (AvgIpc) is 3.29. The molecule has 4 atom stereocenters. The Balaban J connectivity index is 1.37. The maximum Gasteiger partial charge on any atom is 0.204 e. The van der Waals surface area contributed by atoms with E-state index in [0.717, 1.165) is 51.5 Å². The SMILES string of the molecule is CCc1ccc(CCCC(C)CC2Cc3cc(C)c(C)cc3C23CCC2(CC)CN3c3c(Cl)c(O)c(O)c(O)c3N2)cc1. The molecule has 0 aromatic heterocycles. The van der Waals surface area contributed by atoms with Crippen molar-refractivity contribution in [3.63, 3.8) is 0 Å². The van der Waals surface area contributed by atoms with E-state index in [2.05, 4.69) is 81.2 Å². The lowest BCUT2D eigenvalue weighted by atomic mass is 9.66. The van der Waals surface area contributed by atoms with E-state index in [1.165, 1.54) is 46.2 Å². The molecule has 1 spiro atoms. The molecule has 0 saturated carbocycles. The van der Waals surface area contributed by atoms with Crippen LogP contribution in [0.3, 0.4) is 0 Å². The van der Waals surface area contributed by atoms with Crippen molar-refractivity contribution in [3.05, 3.63) is 74.8 Å². The zero-order chi connectivity index (χ0) is 30.7. The van der Waals surface area contributed by atoms with Crippen LogP contribution in [0.2, 0.25) is 5.02 Å². The summed E-state index contributed by atoms with van der Waals surface area (Å²) in [7, 11) is 0. The van der Waals surface area contributed by atoms with Crippen molar-refractivity contribution in [2.75, 3.05) is 16.8 Å². The Hall–Kier alpha value is -3.05. The van der Waals surface area contributed by atoms with Gasteiger partial charge >= 0.3 is 0 Å². The van der Waals surface area contributed by atoms with Crippen molar-refractivity contribution >= 4 is 23.0 Å². The van der Waals surface area contributed by atoms with Crippen LogP contribution in [0.15, 0.2) is 36.4 Å². The summed E-state index contributed by atoms with van der Waals surface area (Å²) >= 11 is 6.86. The molecule has 2 bridgehead atoms.